The predicted octanol–water partition coefficient (Wildman–Crippen LogP) is 2.93. The van der Waals surface area contributed by atoms with Gasteiger partial charge in [0.2, 0.25) is 0 Å². The van der Waals surface area contributed by atoms with Gasteiger partial charge in [-0.2, -0.15) is 5.10 Å². The molecule has 2 aliphatic rings. The summed E-state index contributed by atoms with van der Waals surface area (Å²) in [6.45, 7) is 2.81. The van der Waals surface area contributed by atoms with E-state index in [1.807, 2.05) is 24.3 Å². The summed E-state index contributed by atoms with van der Waals surface area (Å²) in [6.07, 6.45) is 4.42. The van der Waals surface area contributed by atoms with Gasteiger partial charge < -0.3 is 9.79 Å². The SMILES string of the molecule is O=c1[nH]nc(Cc2ccc(F)c([P]3(O)CCN(CC4CC4)CC3)c2)c2ccccc12. The molecule has 1 aromatic heterocycles. The number of aromatic nitrogens is 2. The van der Waals surface area contributed by atoms with Gasteiger partial charge in [-0.25, -0.2) is 9.49 Å². The molecule has 0 unspecified atom stereocenters. The average Bonchev–Trinajstić information content (AvgIpc) is 3.57. The summed E-state index contributed by atoms with van der Waals surface area (Å²) in [5.41, 5.74) is 1.42. The molecule has 1 radical (unpaired) electrons. The number of nitrogens with one attached hydrogen (secondary N) is 1. The monoisotopic (exact) mass is 426 g/mol. The van der Waals surface area contributed by atoms with E-state index in [2.05, 4.69) is 15.1 Å². The van der Waals surface area contributed by atoms with E-state index in [-0.39, 0.29) is 11.4 Å². The van der Waals surface area contributed by atoms with E-state index < -0.39 is 7.49 Å². The van der Waals surface area contributed by atoms with E-state index in [1.54, 1.807) is 12.1 Å². The van der Waals surface area contributed by atoms with Crippen LogP contribution in [0.15, 0.2) is 47.3 Å². The Morgan fingerprint density at radius 2 is 1.87 bits per heavy atom. The second-order valence-corrected chi connectivity index (χ2v) is 11.8. The molecule has 5 nitrogen and oxygen atoms in total. The number of benzene rings is 2. The van der Waals surface area contributed by atoms with Crippen LogP contribution in [0.1, 0.15) is 24.1 Å². The molecule has 30 heavy (non-hydrogen) atoms. The highest BCUT2D eigenvalue weighted by Crippen LogP contribution is 2.55. The molecule has 1 saturated heterocycles. The zero-order valence-corrected chi connectivity index (χ0v) is 17.7. The first-order valence-corrected chi connectivity index (χ1v) is 12.7. The lowest BCUT2D eigenvalue weighted by atomic mass is 10.0. The van der Waals surface area contributed by atoms with E-state index in [0.717, 1.165) is 42.2 Å². The first-order valence-electron chi connectivity index (χ1n) is 10.6. The minimum atomic E-state index is -2.50. The molecule has 2 heterocycles. The van der Waals surface area contributed by atoms with Crippen molar-refractivity contribution in [1.82, 2.24) is 15.1 Å². The molecular formula is C23H26FN3O2P. The van der Waals surface area contributed by atoms with Gasteiger partial charge in [-0.15, -0.1) is 0 Å². The van der Waals surface area contributed by atoms with E-state index in [9.17, 15) is 14.1 Å². The van der Waals surface area contributed by atoms with Crippen molar-refractivity contribution in [3.05, 3.63) is 69.9 Å². The highest BCUT2D eigenvalue weighted by Gasteiger charge is 2.36. The molecule has 2 aromatic carbocycles. The van der Waals surface area contributed by atoms with Gasteiger partial charge >= 0.3 is 0 Å². The average molecular weight is 426 g/mol. The lowest BCUT2D eigenvalue weighted by molar-refractivity contribution is 0.281. The van der Waals surface area contributed by atoms with Gasteiger partial charge in [-0.3, -0.25) is 4.79 Å². The fourth-order valence-corrected chi connectivity index (χ4v) is 7.22. The number of H-pyrrole nitrogens is 1. The van der Waals surface area contributed by atoms with Gasteiger partial charge in [-0.1, -0.05) is 24.3 Å². The van der Waals surface area contributed by atoms with Gasteiger partial charge in [0.15, 0.2) is 0 Å². The van der Waals surface area contributed by atoms with Crippen LogP contribution < -0.4 is 10.9 Å². The predicted molar refractivity (Wildman–Crippen MR) is 119 cm³/mol. The standard InChI is InChI=1S/C23H26FN3O2P/c24-20-8-7-17(13-21-18-3-1-2-4-19(18)23(28)26-25-21)14-22(20)30(29)11-9-27(10-12-30)15-16-5-6-16/h1-4,7-8,14,16,29H,5-6,9-13,15H2,(H,26,28). The van der Waals surface area contributed by atoms with Crippen LogP contribution in [0.2, 0.25) is 0 Å². The van der Waals surface area contributed by atoms with Gasteiger partial charge in [0, 0.05) is 56.6 Å². The highest BCUT2D eigenvalue weighted by molar-refractivity contribution is 7.77. The van der Waals surface area contributed by atoms with Gasteiger partial charge in [0.1, 0.15) is 5.82 Å². The number of fused-ring (bicyclic) bond motifs is 1. The minimum Gasteiger partial charge on any atom is -0.375 e. The molecular weight excluding hydrogens is 400 g/mol. The molecule has 2 fully saturated rings. The Kier molecular flexibility index (Phi) is 5.18. The summed E-state index contributed by atoms with van der Waals surface area (Å²) < 4.78 is 14.8. The number of halogens is 1. The molecule has 0 spiro atoms. The Morgan fingerprint density at radius 3 is 2.60 bits per heavy atom. The maximum Gasteiger partial charge on any atom is 0.272 e. The number of hydrogen-bond acceptors (Lipinski definition) is 4. The molecule has 1 aliphatic heterocycles. The molecule has 0 bridgehead atoms. The first kappa shape index (κ1) is 19.8. The molecule has 1 saturated carbocycles. The Hall–Kier alpha value is -2.14. The van der Waals surface area contributed by atoms with Crippen molar-refractivity contribution >= 4 is 23.6 Å². The van der Waals surface area contributed by atoms with Crippen molar-refractivity contribution in [2.45, 2.75) is 19.3 Å². The van der Waals surface area contributed by atoms with Crippen LogP contribution in [0, 0.1) is 11.7 Å². The van der Waals surface area contributed by atoms with Gasteiger partial charge in [0.25, 0.3) is 5.56 Å². The zero-order valence-electron chi connectivity index (χ0n) is 16.9. The number of nitrogens with zero attached hydrogens (tertiary/aromatic N) is 2. The van der Waals surface area contributed by atoms with E-state index in [0.29, 0.717) is 29.4 Å². The molecule has 5 rings (SSSR count). The van der Waals surface area contributed by atoms with E-state index in [4.69, 9.17) is 0 Å². The lowest BCUT2D eigenvalue weighted by Gasteiger charge is -2.40. The van der Waals surface area contributed by atoms with Crippen LogP contribution in [-0.2, 0) is 6.42 Å². The molecule has 2 N–H and O–H groups in total. The Labute approximate surface area is 175 Å². The zero-order chi connectivity index (χ0) is 20.7. The second-order valence-electron chi connectivity index (χ2n) is 8.62. The summed E-state index contributed by atoms with van der Waals surface area (Å²) in [6, 6.07) is 12.4. The molecule has 3 aromatic rings. The van der Waals surface area contributed by atoms with Crippen molar-refractivity contribution < 1.29 is 9.28 Å². The smallest absolute Gasteiger partial charge is 0.272 e. The molecule has 157 valence electrons. The number of rotatable bonds is 5. The van der Waals surface area contributed by atoms with Crippen LogP contribution >= 0.6 is 7.49 Å². The largest absolute Gasteiger partial charge is 0.375 e. The molecule has 7 heteroatoms. The molecule has 0 atom stereocenters. The second kappa shape index (κ2) is 7.84. The van der Waals surface area contributed by atoms with Crippen LogP contribution in [0.25, 0.3) is 10.8 Å². The van der Waals surface area contributed by atoms with Crippen LogP contribution in [0.5, 0.6) is 0 Å². The van der Waals surface area contributed by atoms with Crippen molar-refractivity contribution in [3.8, 4) is 0 Å². The third kappa shape index (κ3) is 3.92. The number of aromatic amines is 1. The lowest BCUT2D eigenvalue weighted by Crippen LogP contribution is -2.40. The topological polar surface area (TPSA) is 69.2 Å². The third-order valence-electron chi connectivity index (χ3n) is 6.39. The Balaban J connectivity index is 1.40. The first-order chi connectivity index (χ1) is 14.5. The van der Waals surface area contributed by atoms with E-state index >= 15 is 0 Å². The van der Waals surface area contributed by atoms with Crippen LogP contribution in [0.3, 0.4) is 0 Å². The van der Waals surface area contributed by atoms with Crippen molar-refractivity contribution in [2.24, 2.45) is 5.92 Å². The number of hydrogen-bond donors (Lipinski definition) is 2. The minimum absolute atomic E-state index is 0.215. The quantitative estimate of drug-likeness (QED) is 0.616. The van der Waals surface area contributed by atoms with Crippen molar-refractivity contribution in [3.63, 3.8) is 0 Å². The molecule has 1 aliphatic carbocycles. The van der Waals surface area contributed by atoms with Crippen LogP contribution in [0.4, 0.5) is 4.39 Å². The summed E-state index contributed by atoms with van der Waals surface area (Å²) in [5.74, 6) is 0.513. The normalized spacial score (nSPS) is 19.3. The van der Waals surface area contributed by atoms with Crippen molar-refractivity contribution in [1.29, 1.82) is 0 Å². The summed E-state index contributed by atoms with van der Waals surface area (Å²) in [7, 11) is -2.50. The van der Waals surface area contributed by atoms with Crippen LogP contribution in [-0.4, -0.2) is 51.9 Å². The summed E-state index contributed by atoms with van der Waals surface area (Å²) >= 11 is 0. The van der Waals surface area contributed by atoms with Gasteiger partial charge in [0.05, 0.1) is 11.1 Å². The Bertz CT molecular complexity index is 1140. The van der Waals surface area contributed by atoms with E-state index in [1.165, 1.54) is 18.9 Å². The Morgan fingerprint density at radius 1 is 1.13 bits per heavy atom. The summed E-state index contributed by atoms with van der Waals surface area (Å²) in [5, 5.41) is 8.68. The third-order valence-corrected chi connectivity index (χ3v) is 9.51. The molecule has 0 amide bonds. The summed E-state index contributed by atoms with van der Waals surface area (Å²) in [4.78, 5) is 25.8. The van der Waals surface area contributed by atoms with Crippen molar-refractivity contribution in [2.75, 3.05) is 32.0 Å². The fourth-order valence-electron chi connectivity index (χ4n) is 4.41. The van der Waals surface area contributed by atoms with Gasteiger partial charge in [-0.05, 0) is 42.5 Å². The maximum absolute atomic E-state index is 14.8. The maximum atomic E-state index is 14.8. The highest BCUT2D eigenvalue weighted by atomic mass is 31.2. The fraction of sp³-hybridized carbons (Fsp3) is 0.391.